The van der Waals surface area contributed by atoms with Gasteiger partial charge < -0.3 is 23.9 Å². The Labute approximate surface area is 188 Å². The van der Waals surface area contributed by atoms with Crippen LogP contribution in [-0.2, 0) is 4.79 Å². The zero-order chi connectivity index (χ0) is 22.4. The maximum Gasteiger partial charge on any atom is 0.344 e. The third-order valence-corrected chi connectivity index (χ3v) is 5.88. The second-order valence-corrected chi connectivity index (χ2v) is 7.90. The predicted molar refractivity (Wildman–Crippen MR) is 121 cm³/mol. The van der Waals surface area contributed by atoms with Gasteiger partial charge in [-0.15, -0.1) is 0 Å². The van der Waals surface area contributed by atoms with Gasteiger partial charge in [-0.05, 0) is 42.0 Å². The normalized spacial score (nSPS) is 18.4. The number of anilines is 1. The van der Waals surface area contributed by atoms with Crippen LogP contribution in [0.5, 0.6) is 17.2 Å². The predicted octanol–water partition coefficient (Wildman–Crippen LogP) is 4.10. The van der Waals surface area contributed by atoms with Crippen LogP contribution in [0.4, 0.5) is 5.69 Å². The molecule has 7 nitrogen and oxygen atoms in total. The summed E-state index contributed by atoms with van der Waals surface area (Å²) in [5.74, 6) is 0.524. The molecule has 1 aromatic heterocycles. The molecule has 0 saturated heterocycles. The van der Waals surface area contributed by atoms with Crippen molar-refractivity contribution in [3.8, 4) is 17.2 Å². The molecule has 4 aromatic rings. The van der Waals surface area contributed by atoms with Crippen molar-refractivity contribution >= 4 is 22.6 Å². The number of fused-ring (bicyclic) bond motifs is 4. The van der Waals surface area contributed by atoms with Gasteiger partial charge in [-0.2, -0.15) is 0 Å². The van der Waals surface area contributed by atoms with Crippen molar-refractivity contribution in [3.63, 3.8) is 0 Å². The lowest BCUT2D eigenvalue weighted by molar-refractivity contribution is -0.122. The fourth-order valence-electron chi connectivity index (χ4n) is 4.41. The van der Waals surface area contributed by atoms with Crippen molar-refractivity contribution in [1.29, 1.82) is 0 Å². The number of rotatable bonds is 3. The molecule has 7 heteroatoms. The van der Waals surface area contributed by atoms with Crippen LogP contribution in [0.25, 0.3) is 11.0 Å². The maximum absolute atomic E-state index is 13.4. The van der Waals surface area contributed by atoms with Crippen molar-refractivity contribution in [2.75, 3.05) is 18.5 Å². The molecule has 164 valence electrons. The number of carbonyl (C=O) groups excluding carboxylic acids is 1. The first-order valence-electron chi connectivity index (χ1n) is 10.7. The minimum absolute atomic E-state index is 0.318. The summed E-state index contributed by atoms with van der Waals surface area (Å²) in [5.41, 5.74) is 1.54. The molecule has 0 radical (unpaired) electrons. The van der Waals surface area contributed by atoms with Crippen LogP contribution in [0.15, 0.2) is 82.0 Å². The Morgan fingerprint density at radius 1 is 0.879 bits per heavy atom. The molecular weight excluding hydrogens is 422 g/mol. The van der Waals surface area contributed by atoms with E-state index in [1.807, 2.05) is 36.4 Å². The average Bonchev–Trinajstić information content (AvgIpc) is 3.26. The van der Waals surface area contributed by atoms with Crippen LogP contribution >= 0.6 is 0 Å². The van der Waals surface area contributed by atoms with E-state index in [1.54, 1.807) is 36.4 Å². The highest BCUT2D eigenvalue weighted by Crippen LogP contribution is 2.46. The molecule has 1 amide bonds. The Balaban J connectivity index is 1.49. The standard InChI is InChI=1S/C26H19NO6/c28-25(27-16-6-2-1-3-7-16)24-21(15-10-11-19-20(14-15)31-13-12-30-19)22-23(33-24)17-8-4-5-9-18(17)32-26(22)29/h1-11,14,21,24H,12-13H2,(H,27,28)/t21-,24+/m0/s1. The maximum atomic E-state index is 13.4. The zero-order valence-electron chi connectivity index (χ0n) is 17.4. The Bertz CT molecular complexity index is 1430. The molecule has 3 heterocycles. The lowest BCUT2D eigenvalue weighted by atomic mass is 9.88. The molecule has 33 heavy (non-hydrogen) atoms. The van der Waals surface area contributed by atoms with Gasteiger partial charge in [-0.1, -0.05) is 36.4 Å². The van der Waals surface area contributed by atoms with Crippen LogP contribution in [0, 0.1) is 0 Å². The number of hydrogen-bond donors (Lipinski definition) is 1. The van der Waals surface area contributed by atoms with Crippen LogP contribution in [0.1, 0.15) is 17.0 Å². The first kappa shape index (κ1) is 19.4. The second kappa shape index (κ2) is 7.70. The third kappa shape index (κ3) is 3.29. The first-order chi connectivity index (χ1) is 16.2. The van der Waals surface area contributed by atoms with Crippen molar-refractivity contribution in [1.82, 2.24) is 0 Å². The molecule has 0 unspecified atom stereocenters. The largest absolute Gasteiger partial charge is 0.486 e. The fourth-order valence-corrected chi connectivity index (χ4v) is 4.41. The number of amides is 1. The number of carbonyl (C=O) groups is 1. The quantitative estimate of drug-likeness (QED) is 0.482. The van der Waals surface area contributed by atoms with Gasteiger partial charge in [0.05, 0.1) is 16.9 Å². The lowest BCUT2D eigenvalue weighted by Gasteiger charge is -2.22. The van der Waals surface area contributed by atoms with Gasteiger partial charge in [-0.3, -0.25) is 4.79 Å². The molecular formula is C26H19NO6. The van der Waals surface area contributed by atoms with Crippen LogP contribution < -0.4 is 25.2 Å². The van der Waals surface area contributed by atoms with E-state index in [1.165, 1.54) is 0 Å². The fraction of sp³-hybridized carbons (Fsp3) is 0.154. The molecule has 0 aliphatic carbocycles. The van der Waals surface area contributed by atoms with Crippen LogP contribution in [0.2, 0.25) is 0 Å². The van der Waals surface area contributed by atoms with E-state index < -0.39 is 17.6 Å². The highest BCUT2D eigenvalue weighted by molar-refractivity contribution is 5.97. The highest BCUT2D eigenvalue weighted by atomic mass is 16.6. The monoisotopic (exact) mass is 441 g/mol. The summed E-state index contributed by atoms with van der Waals surface area (Å²) in [6.07, 6.45) is -0.975. The minimum atomic E-state index is -0.975. The summed E-state index contributed by atoms with van der Waals surface area (Å²) in [4.78, 5) is 26.5. The molecule has 3 aromatic carbocycles. The third-order valence-electron chi connectivity index (χ3n) is 5.88. The van der Waals surface area contributed by atoms with Gasteiger partial charge in [0.15, 0.2) is 17.6 Å². The Hall–Kier alpha value is -4.26. The van der Waals surface area contributed by atoms with Gasteiger partial charge in [0.2, 0.25) is 0 Å². The summed E-state index contributed by atoms with van der Waals surface area (Å²) in [7, 11) is 0. The lowest BCUT2D eigenvalue weighted by Crippen LogP contribution is -2.35. The summed E-state index contributed by atoms with van der Waals surface area (Å²) in [6, 6.07) is 21.7. The number of para-hydroxylation sites is 2. The molecule has 2 aliphatic heterocycles. The van der Waals surface area contributed by atoms with Gasteiger partial charge >= 0.3 is 5.63 Å². The van der Waals surface area contributed by atoms with Crippen LogP contribution in [0.3, 0.4) is 0 Å². The summed E-state index contributed by atoms with van der Waals surface area (Å²) in [5, 5.41) is 3.54. The molecule has 0 spiro atoms. The van der Waals surface area contributed by atoms with Crippen molar-refractivity contribution in [2.24, 2.45) is 0 Å². The van der Waals surface area contributed by atoms with E-state index >= 15 is 0 Å². The molecule has 0 bridgehead atoms. The molecule has 2 atom stereocenters. The van der Waals surface area contributed by atoms with Gasteiger partial charge in [-0.25, -0.2) is 4.79 Å². The van der Waals surface area contributed by atoms with Crippen molar-refractivity contribution in [2.45, 2.75) is 12.0 Å². The number of nitrogens with one attached hydrogen (secondary N) is 1. The SMILES string of the molecule is O=C(Nc1ccccc1)[C@@H]1Oc2c(c(=O)oc3ccccc23)[C@@H]1c1ccc2c(c1)OCCO2. The summed E-state index contributed by atoms with van der Waals surface area (Å²) >= 11 is 0. The first-order valence-corrected chi connectivity index (χ1v) is 10.7. The molecule has 1 N–H and O–H groups in total. The molecule has 0 fully saturated rings. The molecule has 0 saturated carbocycles. The van der Waals surface area contributed by atoms with E-state index in [0.29, 0.717) is 58.2 Å². The Kier molecular flexibility index (Phi) is 4.54. The molecule has 6 rings (SSSR count). The van der Waals surface area contributed by atoms with Gasteiger partial charge in [0.25, 0.3) is 5.91 Å². The smallest absolute Gasteiger partial charge is 0.344 e. The van der Waals surface area contributed by atoms with Gasteiger partial charge in [0.1, 0.15) is 24.5 Å². The molecule has 2 aliphatic rings. The van der Waals surface area contributed by atoms with E-state index in [2.05, 4.69) is 5.32 Å². The zero-order valence-corrected chi connectivity index (χ0v) is 17.4. The highest BCUT2D eigenvalue weighted by Gasteiger charge is 2.44. The van der Waals surface area contributed by atoms with Crippen molar-refractivity contribution < 1.29 is 23.4 Å². The second-order valence-electron chi connectivity index (χ2n) is 7.90. The van der Waals surface area contributed by atoms with E-state index in [-0.39, 0.29) is 5.91 Å². The number of benzene rings is 3. The van der Waals surface area contributed by atoms with E-state index in [4.69, 9.17) is 18.6 Å². The van der Waals surface area contributed by atoms with E-state index in [0.717, 1.165) is 0 Å². The topological polar surface area (TPSA) is 87.0 Å². The Morgan fingerprint density at radius 2 is 1.64 bits per heavy atom. The number of hydrogen-bond acceptors (Lipinski definition) is 6. The van der Waals surface area contributed by atoms with Crippen LogP contribution in [-0.4, -0.2) is 25.2 Å². The summed E-state index contributed by atoms with van der Waals surface area (Å²) in [6.45, 7) is 0.901. The summed E-state index contributed by atoms with van der Waals surface area (Å²) < 4.78 is 23.2. The van der Waals surface area contributed by atoms with Gasteiger partial charge in [0, 0.05) is 5.69 Å². The average molecular weight is 441 g/mol. The van der Waals surface area contributed by atoms with Crippen molar-refractivity contribution in [3.05, 3.63) is 94.3 Å². The Morgan fingerprint density at radius 3 is 2.48 bits per heavy atom. The van der Waals surface area contributed by atoms with E-state index in [9.17, 15) is 9.59 Å². The minimum Gasteiger partial charge on any atom is -0.486 e. The number of ether oxygens (including phenoxy) is 3.